The Hall–Kier alpha value is -2.32. The van der Waals surface area contributed by atoms with Crippen LogP contribution in [0.1, 0.15) is 49.0 Å². The Morgan fingerprint density at radius 3 is 2.38 bits per heavy atom. The van der Waals surface area contributed by atoms with Crippen LogP contribution in [0.25, 0.3) is 0 Å². The molecule has 3 N–H and O–H groups in total. The fraction of sp³-hybridized carbons (Fsp3) is 0.500. The predicted molar refractivity (Wildman–Crippen MR) is 101 cm³/mol. The van der Waals surface area contributed by atoms with Crippen LogP contribution in [-0.2, 0) is 17.1 Å². The van der Waals surface area contributed by atoms with E-state index in [1.54, 1.807) is 4.72 Å². The lowest BCUT2D eigenvalue weighted by Gasteiger charge is -2.43. The van der Waals surface area contributed by atoms with E-state index >= 15 is 0 Å². The number of aromatic nitrogens is 2. The summed E-state index contributed by atoms with van der Waals surface area (Å²) < 4.78 is 108. The number of aliphatic hydroxyl groups excluding tert-OH is 1. The minimum Gasteiger partial charge on any atom is -0.368 e. The Labute approximate surface area is 179 Å². The molecule has 0 aromatic carbocycles. The first-order valence-corrected chi connectivity index (χ1v) is 10.8. The number of aliphatic hydroxyl groups is 1. The highest BCUT2D eigenvalue weighted by Crippen LogP contribution is 2.46. The van der Waals surface area contributed by atoms with Crippen LogP contribution in [0.15, 0.2) is 23.2 Å². The molecule has 1 saturated carbocycles. The molecule has 1 aliphatic carbocycles. The molecule has 7 nitrogen and oxygen atoms in total. The van der Waals surface area contributed by atoms with E-state index in [2.05, 4.69) is 10.3 Å². The summed E-state index contributed by atoms with van der Waals surface area (Å²) in [5.74, 6) is -1.48. The van der Waals surface area contributed by atoms with Gasteiger partial charge in [0.15, 0.2) is 12.0 Å². The van der Waals surface area contributed by atoms with E-state index in [1.807, 2.05) is 0 Å². The van der Waals surface area contributed by atoms with Crippen molar-refractivity contribution in [2.24, 2.45) is 7.05 Å². The monoisotopic (exact) mass is 486 g/mol. The second-order valence-corrected chi connectivity index (χ2v) is 9.26. The van der Waals surface area contributed by atoms with Crippen LogP contribution in [0.2, 0.25) is 0 Å². The predicted octanol–water partition coefficient (Wildman–Crippen LogP) is 3.67. The van der Waals surface area contributed by atoms with Crippen molar-refractivity contribution in [2.45, 2.75) is 55.5 Å². The second-order valence-electron chi connectivity index (χ2n) is 7.61. The van der Waals surface area contributed by atoms with E-state index in [4.69, 9.17) is 0 Å². The third-order valence-electron chi connectivity index (χ3n) is 5.26. The van der Waals surface area contributed by atoms with Gasteiger partial charge in [-0.3, -0.25) is 4.98 Å². The molecular formula is C18H20F6N4O3S. The summed E-state index contributed by atoms with van der Waals surface area (Å²) in [7, 11) is -3.77. The number of hydrogen-bond donors (Lipinski definition) is 3. The fourth-order valence-corrected chi connectivity index (χ4v) is 5.07. The average Bonchev–Trinajstić information content (AvgIpc) is 2.91. The lowest BCUT2D eigenvalue weighted by atomic mass is 9.77. The Kier molecular flexibility index (Phi) is 6.25. The van der Waals surface area contributed by atoms with Crippen LogP contribution >= 0.6 is 0 Å². The number of anilines is 1. The normalized spacial score (nSPS) is 17.3. The van der Waals surface area contributed by atoms with Crippen molar-refractivity contribution in [3.63, 3.8) is 0 Å². The molecule has 0 aliphatic heterocycles. The summed E-state index contributed by atoms with van der Waals surface area (Å²) in [6, 6.07) is 2.21. The Balaban J connectivity index is 1.91. The molecule has 2 heterocycles. The molecule has 32 heavy (non-hydrogen) atoms. The molecule has 0 spiro atoms. The van der Waals surface area contributed by atoms with Gasteiger partial charge in [0, 0.05) is 24.6 Å². The van der Waals surface area contributed by atoms with E-state index in [9.17, 15) is 39.9 Å². The molecule has 1 atom stereocenters. The van der Waals surface area contributed by atoms with Gasteiger partial charge >= 0.3 is 6.18 Å². The molecule has 2 aromatic heterocycles. The van der Waals surface area contributed by atoms with Crippen LogP contribution in [0, 0.1) is 12.7 Å². The second kappa shape index (κ2) is 8.23. The number of aryl methyl sites for hydroxylation is 2. The quantitative estimate of drug-likeness (QED) is 0.410. The molecule has 2 aromatic rings. The maximum Gasteiger partial charge on any atom is 0.407 e. The van der Waals surface area contributed by atoms with Crippen molar-refractivity contribution < 1.29 is 39.9 Å². The standard InChI is InChI=1S/C18H20F6N4O3S/c1-9-6-10(7-11(25-9)15(20)21)26-16(29)14-13(19)12(8-28(14)2)32(30,31)27-17(4-3-5-17)18(22,23)24/h6-8,15-16,27,29H,3-5H2,1-2H3,(H,25,26). The van der Waals surface area contributed by atoms with Crippen LogP contribution in [0.5, 0.6) is 0 Å². The van der Waals surface area contributed by atoms with Gasteiger partial charge in [-0.2, -0.15) is 17.9 Å². The van der Waals surface area contributed by atoms with Crippen molar-refractivity contribution in [2.75, 3.05) is 5.32 Å². The number of nitrogens with one attached hydrogen (secondary N) is 2. The molecule has 14 heteroatoms. The largest absolute Gasteiger partial charge is 0.407 e. The van der Waals surface area contributed by atoms with Crippen LogP contribution in [-0.4, -0.2) is 34.8 Å². The van der Waals surface area contributed by atoms with Crippen molar-refractivity contribution in [3.8, 4) is 0 Å². The molecule has 1 aliphatic rings. The summed E-state index contributed by atoms with van der Waals surface area (Å²) in [6.07, 6.45) is -9.76. The number of alkyl halides is 5. The summed E-state index contributed by atoms with van der Waals surface area (Å²) in [6.45, 7) is 1.42. The van der Waals surface area contributed by atoms with Gasteiger partial charge in [0.2, 0.25) is 10.0 Å². The van der Waals surface area contributed by atoms with Gasteiger partial charge in [0.25, 0.3) is 6.43 Å². The molecule has 0 bridgehead atoms. The topological polar surface area (TPSA) is 96.3 Å². The SMILES string of the molecule is Cc1cc(NC(O)c2c(F)c(S(=O)(=O)NC3(C(F)(F)F)CCC3)cn2C)cc(C(F)F)n1. The van der Waals surface area contributed by atoms with Crippen molar-refractivity contribution in [3.05, 3.63) is 41.2 Å². The van der Waals surface area contributed by atoms with E-state index < -0.39 is 69.3 Å². The minimum atomic E-state index is -4.94. The molecule has 1 unspecified atom stereocenters. The zero-order valence-electron chi connectivity index (χ0n) is 16.8. The number of sulfonamides is 1. The van der Waals surface area contributed by atoms with Gasteiger partial charge in [-0.25, -0.2) is 21.6 Å². The van der Waals surface area contributed by atoms with Crippen molar-refractivity contribution in [1.29, 1.82) is 0 Å². The molecule has 0 radical (unpaired) electrons. The van der Waals surface area contributed by atoms with E-state index in [-0.39, 0.29) is 17.8 Å². The summed E-state index contributed by atoms with van der Waals surface area (Å²) in [5.41, 5.74) is -3.76. The molecule has 0 amide bonds. The van der Waals surface area contributed by atoms with E-state index in [1.165, 1.54) is 20.0 Å². The number of halogens is 6. The Morgan fingerprint density at radius 2 is 1.88 bits per heavy atom. The zero-order chi connectivity index (χ0) is 24.1. The number of rotatable bonds is 7. The third-order valence-corrected chi connectivity index (χ3v) is 6.78. The van der Waals surface area contributed by atoms with Gasteiger partial charge in [-0.05, 0) is 38.3 Å². The van der Waals surface area contributed by atoms with Gasteiger partial charge in [0.1, 0.15) is 21.8 Å². The van der Waals surface area contributed by atoms with Crippen molar-refractivity contribution in [1.82, 2.24) is 14.3 Å². The Bertz CT molecular complexity index is 1110. The molecule has 0 saturated heterocycles. The Morgan fingerprint density at radius 1 is 1.25 bits per heavy atom. The average molecular weight is 486 g/mol. The van der Waals surface area contributed by atoms with Gasteiger partial charge < -0.3 is 15.0 Å². The summed E-state index contributed by atoms with van der Waals surface area (Å²) in [4.78, 5) is 2.54. The van der Waals surface area contributed by atoms with Crippen LogP contribution in [0.3, 0.4) is 0 Å². The molecular weight excluding hydrogens is 466 g/mol. The number of pyridine rings is 1. The highest BCUT2D eigenvalue weighted by Gasteiger charge is 2.60. The van der Waals surface area contributed by atoms with Gasteiger partial charge in [-0.1, -0.05) is 0 Å². The lowest BCUT2D eigenvalue weighted by Crippen LogP contribution is -2.62. The first kappa shape index (κ1) is 24.3. The number of hydrogen-bond acceptors (Lipinski definition) is 5. The van der Waals surface area contributed by atoms with Gasteiger partial charge in [0.05, 0.1) is 0 Å². The summed E-state index contributed by atoms with van der Waals surface area (Å²) in [5, 5.41) is 12.7. The maximum atomic E-state index is 15.0. The van der Waals surface area contributed by atoms with E-state index in [0.29, 0.717) is 0 Å². The molecule has 178 valence electrons. The highest BCUT2D eigenvalue weighted by molar-refractivity contribution is 7.89. The highest BCUT2D eigenvalue weighted by atomic mass is 32.2. The number of nitrogens with zero attached hydrogens (tertiary/aromatic N) is 2. The maximum absolute atomic E-state index is 15.0. The van der Waals surface area contributed by atoms with E-state index in [0.717, 1.165) is 16.8 Å². The minimum absolute atomic E-state index is 0.0473. The summed E-state index contributed by atoms with van der Waals surface area (Å²) >= 11 is 0. The van der Waals surface area contributed by atoms with Crippen molar-refractivity contribution >= 4 is 15.7 Å². The van der Waals surface area contributed by atoms with Gasteiger partial charge in [-0.15, -0.1) is 0 Å². The third kappa shape index (κ3) is 4.43. The first-order valence-electron chi connectivity index (χ1n) is 9.33. The first-order chi connectivity index (χ1) is 14.7. The van der Waals surface area contributed by atoms with Crippen LogP contribution < -0.4 is 10.0 Å². The van der Waals surface area contributed by atoms with Crippen LogP contribution in [0.4, 0.5) is 32.0 Å². The smallest absolute Gasteiger partial charge is 0.368 e. The fourth-order valence-electron chi connectivity index (χ4n) is 3.48. The lowest BCUT2D eigenvalue weighted by molar-refractivity contribution is -0.212. The molecule has 1 fully saturated rings. The molecule has 3 rings (SSSR count). The zero-order valence-corrected chi connectivity index (χ0v) is 17.7.